The molecule has 6 heteroatoms. The standard InChI is InChI=1S/C16H13F3N2O/c1-22-12-5-2-10(3-6-12)14(9-20)13-7-4-11(21)8-15(13)16(17,18)19/h2-8,14H,21H2,1H3. The Morgan fingerprint density at radius 2 is 1.77 bits per heavy atom. The van der Waals surface area contributed by atoms with Gasteiger partial charge in [-0.05, 0) is 35.4 Å². The Bertz CT molecular complexity index is 703. The Kier molecular flexibility index (Phi) is 4.27. The molecule has 0 heterocycles. The van der Waals surface area contributed by atoms with Gasteiger partial charge in [-0.1, -0.05) is 18.2 Å². The van der Waals surface area contributed by atoms with Gasteiger partial charge in [0.1, 0.15) is 5.75 Å². The third-order valence-electron chi connectivity index (χ3n) is 3.27. The zero-order valence-corrected chi connectivity index (χ0v) is 11.7. The Labute approximate surface area is 125 Å². The number of nitrogens with two attached hydrogens (primary N) is 1. The number of nitrogens with zero attached hydrogens (tertiary/aromatic N) is 1. The summed E-state index contributed by atoms with van der Waals surface area (Å²) in [5.74, 6) is -0.475. The van der Waals surface area contributed by atoms with E-state index in [9.17, 15) is 18.4 Å². The highest BCUT2D eigenvalue weighted by Crippen LogP contribution is 2.38. The molecule has 2 rings (SSSR count). The molecule has 2 aromatic rings. The summed E-state index contributed by atoms with van der Waals surface area (Å²) in [6, 6.07) is 11.7. The van der Waals surface area contributed by atoms with Crippen LogP contribution in [0.25, 0.3) is 0 Å². The highest BCUT2D eigenvalue weighted by atomic mass is 19.4. The molecule has 0 radical (unpaired) electrons. The second-order valence-corrected chi connectivity index (χ2v) is 4.68. The van der Waals surface area contributed by atoms with E-state index in [0.717, 1.165) is 6.07 Å². The van der Waals surface area contributed by atoms with E-state index in [0.29, 0.717) is 11.3 Å². The highest BCUT2D eigenvalue weighted by Gasteiger charge is 2.35. The van der Waals surface area contributed by atoms with Crippen molar-refractivity contribution < 1.29 is 17.9 Å². The fourth-order valence-electron chi connectivity index (χ4n) is 2.19. The topological polar surface area (TPSA) is 59.0 Å². The van der Waals surface area contributed by atoms with Gasteiger partial charge in [0.15, 0.2) is 0 Å². The molecule has 1 atom stereocenters. The minimum Gasteiger partial charge on any atom is -0.497 e. The van der Waals surface area contributed by atoms with Gasteiger partial charge in [0, 0.05) is 5.69 Å². The predicted octanol–water partition coefficient (Wildman–Crippen LogP) is 3.95. The number of hydrogen-bond acceptors (Lipinski definition) is 3. The van der Waals surface area contributed by atoms with E-state index in [1.165, 1.54) is 19.2 Å². The maximum Gasteiger partial charge on any atom is 0.416 e. The first-order chi connectivity index (χ1) is 10.4. The number of methoxy groups -OCH3 is 1. The first-order valence-electron chi connectivity index (χ1n) is 6.37. The molecular weight excluding hydrogens is 293 g/mol. The van der Waals surface area contributed by atoms with Crippen molar-refractivity contribution in [3.05, 3.63) is 59.2 Å². The lowest BCUT2D eigenvalue weighted by molar-refractivity contribution is -0.138. The van der Waals surface area contributed by atoms with Crippen LogP contribution in [-0.2, 0) is 6.18 Å². The van der Waals surface area contributed by atoms with Crippen LogP contribution in [0.1, 0.15) is 22.6 Å². The van der Waals surface area contributed by atoms with Crippen LogP contribution in [0.15, 0.2) is 42.5 Å². The van der Waals surface area contributed by atoms with E-state index in [4.69, 9.17) is 10.5 Å². The van der Waals surface area contributed by atoms with Crippen molar-refractivity contribution in [3.63, 3.8) is 0 Å². The molecule has 0 bridgehead atoms. The SMILES string of the molecule is COc1ccc(C(C#N)c2ccc(N)cc2C(F)(F)F)cc1. The third kappa shape index (κ3) is 3.14. The van der Waals surface area contributed by atoms with Crippen molar-refractivity contribution in [3.8, 4) is 11.8 Å². The molecule has 0 aliphatic rings. The van der Waals surface area contributed by atoms with E-state index >= 15 is 0 Å². The predicted molar refractivity (Wildman–Crippen MR) is 76.3 cm³/mol. The maximum atomic E-state index is 13.2. The molecule has 114 valence electrons. The van der Waals surface area contributed by atoms with Gasteiger partial charge in [-0.25, -0.2) is 0 Å². The first kappa shape index (κ1) is 15.7. The smallest absolute Gasteiger partial charge is 0.416 e. The van der Waals surface area contributed by atoms with Gasteiger partial charge in [0.2, 0.25) is 0 Å². The van der Waals surface area contributed by atoms with Crippen LogP contribution in [0, 0.1) is 11.3 Å². The number of rotatable bonds is 3. The molecule has 0 fully saturated rings. The maximum absolute atomic E-state index is 13.2. The molecular formula is C16H13F3N2O. The van der Waals surface area contributed by atoms with Crippen LogP contribution >= 0.6 is 0 Å². The van der Waals surface area contributed by atoms with Crippen LogP contribution in [-0.4, -0.2) is 7.11 Å². The van der Waals surface area contributed by atoms with Gasteiger partial charge in [0.05, 0.1) is 24.7 Å². The largest absolute Gasteiger partial charge is 0.497 e. The highest BCUT2D eigenvalue weighted by molar-refractivity contribution is 5.51. The van der Waals surface area contributed by atoms with Crippen molar-refractivity contribution in [1.82, 2.24) is 0 Å². The molecule has 0 spiro atoms. The van der Waals surface area contributed by atoms with Crippen molar-refractivity contribution in [2.45, 2.75) is 12.1 Å². The average molecular weight is 306 g/mol. The summed E-state index contributed by atoms with van der Waals surface area (Å²) in [7, 11) is 1.48. The van der Waals surface area contributed by atoms with Gasteiger partial charge in [0.25, 0.3) is 0 Å². The average Bonchev–Trinajstić information content (AvgIpc) is 2.49. The van der Waals surface area contributed by atoms with Crippen LogP contribution in [0.2, 0.25) is 0 Å². The summed E-state index contributed by atoms with van der Waals surface area (Å²) >= 11 is 0. The number of halogens is 3. The quantitative estimate of drug-likeness (QED) is 0.873. The molecule has 2 N–H and O–H groups in total. The minimum absolute atomic E-state index is 0.00231. The van der Waals surface area contributed by atoms with Crippen molar-refractivity contribution in [1.29, 1.82) is 5.26 Å². The van der Waals surface area contributed by atoms with Crippen molar-refractivity contribution >= 4 is 5.69 Å². The molecule has 22 heavy (non-hydrogen) atoms. The van der Waals surface area contributed by atoms with E-state index in [1.54, 1.807) is 24.3 Å². The molecule has 0 aromatic heterocycles. The molecule has 2 aromatic carbocycles. The Hall–Kier alpha value is -2.68. The van der Waals surface area contributed by atoms with Crippen LogP contribution in [0.4, 0.5) is 18.9 Å². The number of benzene rings is 2. The summed E-state index contributed by atoms with van der Waals surface area (Å²) in [5, 5.41) is 9.34. The Morgan fingerprint density at radius 1 is 1.14 bits per heavy atom. The normalized spacial score (nSPS) is 12.5. The zero-order valence-electron chi connectivity index (χ0n) is 11.7. The van der Waals surface area contributed by atoms with Gasteiger partial charge < -0.3 is 10.5 Å². The number of nitrogen functional groups attached to an aromatic ring is 1. The van der Waals surface area contributed by atoms with E-state index in [-0.39, 0.29) is 11.3 Å². The van der Waals surface area contributed by atoms with Gasteiger partial charge in [-0.2, -0.15) is 18.4 Å². The monoisotopic (exact) mass is 306 g/mol. The third-order valence-corrected chi connectivity index (χ3v) is 3.27. The molecule has 0 saturated heterocycles. The van der Waals surface area contributed by atoms with E-state index < -0.39 is 17.7 Å². The molecule has 0 amide bonds. The van der Waals surface area contributed by atoms with Gasteiger partial charge in [-0.3, -0.25) is 0 Å². The number of nitriles is 1. The Morgan fingerprint density at radius 3 is 2.27 bits per heavy atom. The van der Waals surface area contributed by atoms with Crippen LogP contribution in [0.3, 0.4) is 0 Å². The summed E-state index contributed by atoms with van der Waals surface area (Å²) in [5.41, 5.74) is 4.89. The van der Waals surface area contributed by atoms with E-state index in [2.05, 4.69) is 0 Å². The van der Waals surface area contributed by atoms with Crippen LogP contribution < -0.4 is 10.5 Å². The van der Waals surface area contributed by atoms with Gasteiger partial charge in [-0.15, -0.1) is 0 Å². The molecule has 0 aliphatic carbocycles. The second kappa shape index (κ2) is 5.98. The zero-order chi connectivity index (χ0) is 16.3. The summed E-state index contributed by atoms with van der Waals surface area (Å²) in [6.45, 7) is 0. The fourth-order valence-corrected chi connectivity index (χ4v) is 2.19. The molecule has 1 unspecified atom stereocenters. The number of hydrogen-bond donors (Lipinski definition) is 1. The lowest BCUT2D eigenvalue weighted by Crippen LogP contribution is -2.13. The number of ether oxygens (including phenoxy) is 1. The minimum atomic E-state index is -4.58. The molecule has 0 saturated carbocycles. The van der Waals surface area contributed by atoms with E-state index in [1.807, 2.05) is 6.07 Å². The molecule has 0 aliphatic heterocycles. The van der Waals surface area contributed by atoms with Crippen molar-refractivity contribution in [2.24, 2.45) is 0 Å². The summed E-state index contributed by atoms with van der Waals surface area (Å²) in [4.78, 5) is 0. The fraction of sp³-hybridized carbons (Fsp3) is 0.188. The molecule has 3 nitrogen and oxygen atoms in total. The van der Waals surface area contributed by atoms with Crippen LogP contribution in [0.5, 0.6) is 5.75 Å². The van der Waals surface area contributed by atoms with Crippen molar-refractivity contribution in [2.75, 3.05) is 12.8 Å². The lowest BCUT2D eigenvalue weighted by atomic mass is 9.88. The number of alkyl halides is 3. The first-order valence-corrected chi connectivity index (χ1v) is 6.37. The Balaban J connectivity index is 2.54. The second-order valence-electron chi connectivity index (χ2n) is 4.68. The lowest BCUT2D eigenvalue weighted by Gasteiger charge is -2.18. The summed E-state index contributed by atoms with van der Waals surface area (Å²) in [6.07, 6.45) is -4.58. The number of anilines is 1. The summed E-state index contributed by atoms with van der Waals surface area (Å²) < 4.78 is 44.5. The van der Waals surface area contributed by atoms with Gasteiger partial charge >= 0.3 is 6.18 Å².